The van der Waals surface area contributed by atoms with Crippen molar-refractivity contribution >= 4 is 11.3 Å². The molecule has 0 aliphatic heterocycles. The first kappa shape index (κ1) is 12.6. The predicted molar refractivity (Wildman–Crippen MR) is 78.7 cm³/mol. The molecule has 4 heteroatoms. The Hall–Kier alpha value is -1.39. The molecule has 0 bridgehead atoms. The van der Waals surface area contributed by atoms with E-state index >= 15 is 0 Å². The van der Waals surface area contributed by atoms with Gasteiger partial charge in [-0.15, -0.1) is 11.3 Å². The monoisotopic (exact) mass is 274 g/mol. The number of nitrogens with zero attached hydrogens (tertiary/aromatic N) is 1. The highest BCUT2D eigenvalue weighted by molar-refractivity contribution is 7.15. The zero-order chi connectivity index (χ0) is 13.4. The van der Waals surface area contributed by atoms with Crippen LogP contribution >= 0.6 is 11.3 Å². The fraction of sp³-hybridized carbons (Fsp3) is 0.400. The van der Waals surface area contributed by atoms with Gasteiger partial charge in [0.05, 0.1) is 12.8 Å². The van der Waals surface area contributed by atoms with Crippen molar-refractivity contribution in [3.05, 3.63) is 34.8 Å². The third-order valence-corrected chi connectivity index (χ3v) is 4.70. The summed E-state index contributed by atoms with van der Waals surface area (Å²) in [7, 11) is 1.68. The zero-order valence-electron chi connectivity index (χ0n) is 11.2. The number of methoxy groups -OCH3 is 1. The number of rotatable bonds is 4. The van der Waals surface area contributed by atoms with Gasteiger partial charge in [0.15, 0.2) is 0 Å². The highest BCUT2D eigenvalue weighted by Gasteiger charge is 2.30. The Morgan fingerprint density at radius 3 is 2.84 bits per heavy atom. The predicted octanol–water partition coefficient (Wildman–Crippen LogP) is 3.72. The Kier molecular flexibility index (Phi) is 3.29. The SMILES string of the molecule is COc1cccc(-c2nc(C3CC3)c(C(C)N)s2)c1. The van der Waals surface area contributed by atoms with Gasteiger partial charge in [0.1, 0.15) is 10.8 Å². The molecule has 1 saturated carbocycles. The first-order valence-corrected chi connectivity index (χ1v) is 7.41. The topological polar surface area (TPSA) is 48.1 Å². The smallest absolute Gasteiger partial charge is 0.124 e. The van der Waals surface area contributed by atoms with E-state index in [9.17, 15) is 0 Å². The molecule has 3 nitrogen and oxygen atoms in total. The maximum atomic E-state index is 6.07. The van der Waals surface area contributed by atoms with E-state index in [0.717, 1.165) is 16.3 Å². The van der Waals surface area contributed by atoms with Crippen molar-refractivity contribution < 1.29 is 4.74 Å². The standard InChI is InChI=1S/C15H18N2OS/c1-9(16)14-13(10-6-7-10)17-15(19-14)11-4-3-5-12(8-11)18-2/h3-5,8-10H,6-7,16H2,1-2H3. The normalized spacial score (nSPS) is 16.4. The molecule has 1 aliphatic rings. The van der Waals surface area contributed by atoms with Crippen LogP contribution in [0.1, 0.15) is 42.3 Å². The maximum absolute atomic E-state index is 6.07. The largest absolute Gasteiger partial charge is 0.497 e. The molecule has 1 aromatic heterocycles. The third-order valence-electron chi connectivity index (χ3n) is 3.38. The molecule has 19 heavy (non-hydrogen) atoms. The van der Waals surface area contributed by atoms with E-state index in [1.165, 1.54) is 23.4 Å². The van der Waals surface area contributed by atoms with Crippen LogP contribution in [-0.2, 0) is 0 Å². The summed E-state index contributed by atoms with van der Waals surface area (Å²) in [6.07, 6.45) is 2.50. The molecule has 1 unspecified atom stereocenters. The minimum Gasteiger partial charge on any atom is -0.497 e. The number of aromatic nitrogens is 1. The van der Waals surface area contributed by atoms with Crippen LogP contribution in [0.2, 0.25) is 0 Å². The van der Waals surface area contributed by atoms with Crippen LogP contribution in [0.5, 0.6) is 5.75 Å². The highest BCUT2D eigenvalue weighted by atomic mass is 32.1. The third kappa shape index (κ3) is 2.51. The molecule has 1 atom stereocenters. The van der Waals surface area contributed by atoms with Gasteiger partial charge in [0, 0.05) is 22.4 Å². The molecule has 2 aromatic rings. The lowest BCUT2D eigenvalue weighted by Gasteiger charge is -2.02. The Morgan fingerprint density at radius 1 is 1.42 bits per heavy atom. The number of hydrogen-bond acceptors (Lipinski definition) is 4. The van der Waals surface area contributed by atoms with Gasteiger partial charge in [0.2, 0.25) is 0 Å². The molecule has 0 amide bonds. The Balaban J connectivity index is 2.02. The van der Waals surface area contributed by atoms with Gasteiger partial charge in [-0.3, -0.25) is 0 Å². The van der Waals surface area contributed by atoms with Crippen LogP contribution < -0.4 is 10.5 Å². The fourth-order valence-corrected chi connectivity index (χ4v) is 3.30. The van der Waals surface area contributed by atoms with Crippen LogP contribution in [0.25, 0.3) is 10.6 Å². The summed E-state index contributed by atoms with van der Waals surface area (Å²) >= 11 is 1.72. The van der Waals surface area contributed by atoms with Crippen LogP contribution in [0.15, 0.2) is 24.3 Å². The van der Waals surface area contributed by atoms with Crippen molar-refractivity contribution in [3.8, 4) is 16.3 Å². The van der Waals surface area contributed by atoms with Crippen molar-refractivity contribution in [2.24, 2.45) is 5.73 Å². The molecule has 3 rings (SSSR count). The molecule has 1 fully saturated rings. The molecule has 1 aromatic carbocycles. The van der Waals surface area contributed by atoms with Crippen LogP contribution in [0.4, 0.5) is 0 Å². The van der Waals surface area contributed by atoms with Crippen molar-refractivity contribution in [1.29, 1.82) is 0 Å². The van der Waals surface area contributed by atoms with Crippen molar-refractivity contribution in [2.45, 2.75) is 31.7 Å². The average molecular weight is 274 g/mol. The Labute approximate surface area is 117 Å². The quantitative estimate of drug-likeness (QED) is 0.924. The van der Waals surface area contributed by atoms with Crippen LogP contribution in [-0.4, -0.2) is 12.1 Å². The number of ether oxygens (including phenoxy) is 1. The van der Waals surface area contributed by atoms with Crippen molar-refractivity contribution in [2.75, 3.05) is 7.11 Å². The Bertz CT molecular complexity index is 568. The zero-order valence-corrected chi connectivity index (χ0v) is 12.0. The van der Waals surface area contributed by atoms with Gasteiger partial charge in [-0.2, -0.15) is 0 Å². The van der Waals surface area contributed by atoms with Crippen molar-refractivity contribution in [1.82, 2.24) is 4.98 Å². The van der Waals surface area contributed by atoms with Crippen LogP contribution in [0.3, 0.4) is 0 Å². The van der Waals surface area contributed by atoms with Crippen molar-refractivity contribution in [3.63, 3.8) is 0 Å². The van der Waals surface area contributed by atoms with E-state index < -0.39 is 0 Å². The molecule has 0 radical (unpaired) electrons. The second kappa shape index (κ2) is 4.94. The molecule has 1 heterocycles. The van der Waals surface area contributed by atoms with E-state index in [2.05, 4.69) is 6.07 Å². The summed E-state index contributed by atoms with van der Waals surface area (Å²) in [6.45, 7) is 2.04. The lowest BCUT2D eigenvalue weighted by molar-refractivity contribution is 0.415. The first-order valence-electron chi connectivity index (χ1n) is 6.59. The van der Waals surface area contributed by atoms with E-state index in [-0.39, 0.29) is 6.04 Å². The summed E-state index contributed by atoms with van der Waals surface area (Å²) in [6, 6.07) is 8.11. The van der Waals surface area contributed by atoms with Gasteiger partial charge in [-0.1, -0.05) is 12.1 Å². The second-order valence-electron chi connectivity index (χ2n) is 5.06. The molecule has 0 saturated heterocycles. The van der Waals surface area contributed by atoms with Gasteiger partial charge >= 0.3 is 0 Å². The molecule has 1 aliphatic carbocycles. The summed E-state index contributed by atoms with van der Waals surface area (Å²) in [5.74, 6) is 1.50. The summed E-state index contributed by atoms with van der Waals surface area (Å²) < 4.78 is 5.27. The first-order chi connectivity index (χ1) is 9.19. The van der Waals surface area contributed by atoms with Gasteiger partial charge in [0.25, 0.3) is 0 Å². The average Bonchev–Trinajstić information content (AvgIpc) is 3.17. The minimum absolute atomic E-state index is 0.0625. The lowest BCUT2D eigenvalue weighted by atomic mass is 10.2. The minimum atomic E-state index is 0.0625. The highest BCUT2D eigenvalue weighted by Crippen LogP contribution is 2.45. The number of hydrogen-bond donors (Lipinski definition) is 1. The van der Waals surface area contributed by atoms with Gasteiger partial charge < -0.3 is 10.5 Å². The molecule has 2 N–H and O–H groups in total. The molecule has 100 valence electrons. The van der Waals surface area contributed by atoms with Gasteiger partial charge in [-0.05, 0) is 31.9 Å². The summed E-state index contributed by atoms with van der Waals surface area (Å²) in [5.41, 5.74) is 8.40. The van der Waals surface area contributed by atoms with E-state index in [4.69, 9.17) is 15.5 Å². The number of thiazole rings is 1. The molecule has 0 spiro atoms. The van der Waals surface area contributed by atoms with E-state index in [0.29, 0.717) is 5.92 Å². The van der Waals surface area contributed by atoms with Crippen LogP contribution in [0, 0.1) is 0 Å². The lowest BCUT2D eigenvalue weighted by Crippen LogP contribution is -2.05. The summed E-state index contributed by atoms with van der Waals surface area (Å²) in [5, 5.41) is 1.05. The summed E-state index contributed by atoms with van der Waals surface area (Å²) in [4.78, 5) is 6.06. The Morgan fingerprint density at radius 2 is 2.21 bits per heavy atom. The number of benzene rings is 1. The van der Waals surface area contributed by atoms with Gasteiger partial charge in [-0.25, -0.2) is 4.98 Å². The molecular weight excluding hydrogens is 256 g/mol. The maximum Gasteiger partial charge on any atom is 0.124 e. The van der Waals surface area contributed by atoms with E-state index in [1.54, 1.807) is 18.4 Å². The number of nitrogens with two attached hydrogens (primary N) is 1. The second-order valence-corrected chi connectivity index (χ2v) is 6.09. The fourth-order valence-electron chi connectivity index (χ4n) is 2.20. The molecular formula is C15H18N2OS. The van der Waals surface area contributed by atoms with E-state index in [1.807, 2.05) is 25.1 Å².